The Morgan fingerprint density at radius 1 is 1.31 bits per heavy atom. The molecule has 16 heavy (non-hydrogen) atoms. The van der Waals surface area contributed by atoms with Gasteiger partial charge in [0.25, 0.3) is 0 Å². The number of para-hydroxylation sites is 1. The zero-order chi connectivity index (χ0) is 12.1. The second kappa shape index (κ2) is 5.51. The summed E-state index contributed by atoms with van der Waals surface area (Å²) in [4.78, 5) is 11.2. The third-order valence-corrected chi connectivity index (χ3v) is 2.21. The number of esters is 1. The molecule has 0 saturated heterocycles. The van der Waals surface area contributed by atoms with E-state index < -0.39 is 18.2 Å². The van der Waals surface area contributed by atoms with E-state index in [0.29, 0.717) is 11.3 Å². The Kier molecular flexibility index (Phi) is 4.31. The minimum atomic E-state index is -0.690. The first-order chi connectivity index (χ1) is 7.56. The van der Waals surface area contributed by atoms with Crippen LogP contribution in [0.25, 0.3) is 0 Å². The van der Waals surface area contributed by atoms with Gasteiger partial charge in [-0.1, -0.05) is 18.2 Å². The molecular formula is C12H16O4. The van der Waals surface area contributed by atoms with Crippen molar-refractivity contribution >= 4 is 5.97 Å². The molecule has 0 heterocycles. The lowest BCUT2D eigenvalue weighted by atomic mass is 10.1. The van der Waals surface area contributed by atoms with Crippen molar-refractivity contribution in [1.29, 1.82) is 0 Å². The standard InChI is InChI=1S/C12H16O4/c1-8(13)10-6-4-5-7-11(10)16-9(2)12(14)15-3/h4-9,13H,1-3H3/t8-,9?/m0/s1. The molecule has 0 aliphatic heterocycles. The number of hydrogen-bond acceptors (Lipinski definition) is 4. The van der Waals surface area contributed by atoms with Gasteiger partial charge in [0.2, 0.25) is 0 Å². The number of methoxy groups -OCH3 is 1. The number of aliphatic hydroxyl groups excluding tert-OH is 1. The third-order valence-electron chi connectivity index (χ3n) is 2.21. The lowest BCUT2D eigenvalue weighted by Crippen LogP contribution is -2.25. The fraction of sp³-hybridized carbons (Fsp3) is 0.417. The predicted molar refractivity (Wildman–Crippen MR) is 59.2 cm³/mol. The quantitative estimate of drug-likeness (QED) is 0.790. The first-order valence-electron chi connectivity index (χ1n) is 5.07. The molecule has 1 unspecified atom stereocenters. The molecule has 1 aromatic rings. The molecule has 0 aliphatic rings. The van der Waals surface area contributed by atoms with Gasteiger partial charge in [-0.25, -0.2) is 4.79 Å². The molecule has 1 N–H and O–H groups in total. The number of carbonyl (C=O) groups excluding carboxylic acids is 1. The molecule has 0 fully saturated rings. The zero-order valence-corrected chi connectivity index (χ0v) is 9.64. The van der Waals surface area contributed by atoms with Crippen LogP contribution >= 0.6 is 0 Å². The van der Waals surface area contributed by atoms with E-state index in [0.717, 1.165) is 0 Å². The van der Waals surface area contributed by atoms with Crippen molar-refractivity contribution in [3.63, 3.8) is 0 Å². The lowest BCUT2D eigenvalue weighted by molar-refractivity contribution is -0.147. The van der Waals surface area contributed by atoms with Gasteiger partial charge >= 0.3 is 5.97 Å². The topological polar surface area (TPSA) is 55.8 Å². The summed E-state index contributed by atoms with van der Waals surface area (Å²) in [5, 5.41) is 9.52. The normalized spacial score (nSPS) is 14.0. The van der Waals surface area contributed by atoms with Crippen LogP contribution in [0.2, 0.25) is 0 Å². The van der Waals surface area contributed by atoms with Crippen molar-refractivity contribution in [1.82, 2.24) is 0 Å². The summed E-state index contributed by atoms with van der Waals surface area (Å²) in [6.07, 6.45) is -1.33. The molecule has 1 rings (SSSR count). The van der Waals surface area contributed by atoms with Gasteiger partial charge < -0.3 is 14.6 Å². The average Bonchev–Trinajstić information content (AvgIpc) is 2.28. The van der Waals surface area contributed by atoms with E-state index in [1.54, 1.807) is 38.1 Å². The first kappa shape index (κ1) is 12.5. The lowest BCUT2D eigenvalue weighted by Gasteiger charge is -2.16. The minimum Gasteiger partial charge on any atom is -0.479 e. The molecule has 0 aliphatic carbocycles. The molecule has 4 heteroatoms. The molecule has 4 nitrogen and oxygen atoms in total. The van der Waals surface area contributed by atoms with Crippen LogP contribution in [0.15, 0.2) is 24.3 Å². The van der Waals surface area contributed by atoms with Gasteiger partial charge in [0.1, 0.15) is 5.75 Å². The molecule has 0 radical (unpaired) electrons. The van der Waals surface area contributed by atoms with Crippen molar-refractivity contribution in [2.24, 2.45) is 0 Å². The van der Waals surface area contributed by atoms with Crippen molar-refractivity contribution in [2.75, 3.05) is 7.11 Å². The fourth-order valence-electron chi connectivity index (χ4n) is 1.34. The molecule has 0 aromatic heterocycles. The summed E-state index contributed by atoms with van der Waals surface area (Å²) in [5.74, 6) is 0.0517. The van der Waals surface area contributed by atoms with Crippen molar-refractivity contribution < 1.29 is 19.4 Å². The fourth-order valence-corrected chi connectivity index (χ4v) is 1.34. The highest BCUT2D eigenvalue weighted by molar-refractivity contribution is 5.74. The number of hydrogen-bond donors (Lipinski definition) is 1. The average molecular weight is 224 g/mol. The Labute approximate surface area is 94.8 Å². The summed E-state index contributed by atoms with van der Waals surface area (Å²) in [6.45, 7) is 3.25. The van der Waals surface area contributed by atoms with Crippen LogP contribution in [-0.2, 0) is 9.53 Å². The van der Waals surface area contributed by atoms with Crippen molar-refractivity contribution in [2.45, 2.75) is 26.1 Å². The molecule has 0 saturated carbocycles. The molecule has 1 aromatic carbocycles. The number of aliphatic hydroxyl groups is 1. The maximum Gasteiger partial charge on any atom is 0.346 e. The Morgan fingerprint density at radius 2 is 1.94 bits per heavy atom. The summed E-state index contributed by atoms with van der Waals surface area (Å²) in [5.41, 5.74) is 0.651. The molecule has 2 atom stereocenters. The monoisotopic (exact) mass is 224 g/mol. The van der Waals surface area contributed by atoms with Crippen molar-refractivity contribution in [3.8, 4) is 5.75 Å². The highest BCUT2D eigenvalue weighted by Crippen LogP contribution is 2.25. The molecular weight excluding hydrogens is 208 g/mol. The minimum absolute atomic E-state index is 0.444. The molecule has 0 spiro atoms. The summed E-state index contributed by atoms with van der Waals surface area (Å²) >= 11 is 0. The van der Waals surface area contributed by atoms with E-state index in [1.807, 2.05) is 0 Å². The SMILES string of the molecule is COC(=O)C(C)Oc1ccccc1[C@H](C)O. The van der Waals surface area contributed by atoms with Gasteiger partial charge in [-0.3, -0.25) is 0 Å². The molecule has 88 valence electrons. The third kappa shape index (κ3) is 2.97. The summed E-state index contributed by atoms with van der Waals surface area (Å²) in [7, 11) is 1.31. The number of benzene rings is 1. The van der Waals surface area contributed by atoms with Crippen LogP contribution in [0.1, 0.15) is 25.5 Å². The summed E-state index contributed by atoms with van der Waals surface area (Å²) < 4.78 is 9.98. The van der Waals surface area contributed by atoms with Gasteiger partial charge in [-0.15, -0.1) is 0 Å². The molecule has 0 amide bonds. The van der Waals surface area contributed by atoms with E-state index in [4.69, 9.17) is 4.74 Å². The second-order valence-electron chi connectivity index (χ2n) is 3.50. The molecule has 0 bridgehead atoms. The van der Waals surface area contributed by atoms with E-state index >= 15 is 0 Å². The number of rotatable bonds is 4. The Hall–Kier alpha value is -1.55. The van der Waals surface area contributed by atoms with Crippen LogP contribution in [0.3, 0.4) is 0 Å². The van der Waals surface area contributed by atoms with E-state index in [-0.39, 0.29) is 0 Å². The van der Waals surface area contributed by atoms with E-state index in [1.165, 1.54) is 7.11 Å². The van der Waals surface area contributed by atoms with Gasteiger partial charge in [-0.05, 0) is 19.9 Å². The van der Waals surface area contributed by atoms with Crippen LogP contribution in [0.5, 0.6) is 5.75 Å². The highest BCUT2D eigenvalue weighted by Gasteiger charge is 2.17. The Morgan fingerprint density at radius 3 is 2.50 bits per heavy atom. The highest BCUT2D eigenvalue weighted by atomic mass is 16.6. The maximum absolute atomic E-state index is 11.2. The van der Waals surface area contributed by atoms with Gasteiger partial charge in [0.15, 0.2) is 6.10 Å². The van der Waals surface area contributed by atoms with Gasteiger partial charge in [0.05, 0.1) is 13.2 Å². The maximum atomic E-state index is 11.2. The zero-order valence-electron chi connectivity index (χ0n) is 9.64. The Bertz CT molecular complexity index is 360. The van der Waals surface area contributed by atoms with Crippen LogP contribution in [-0.4, -0.2) is 24.3 Å². The van der Waals surface area contributed by atoms with E-state index in [2.05, 4.69) is 4.74 Å². The number of ether oxygens (including phenoxy) is 2. The largest absolute Gasteiger partial charge is 0.479 e. The van der Waals surface area contributed by atoms with Gasteiger partial charge in [-0.2, -0.15) is 0 Å². The van der Waals surface area contributed by atoms with Crippen LogP contribution in [0, 0.1) is 0 Å². The summed E-state index contributed by atoms with van der Waals surface area (Å²) in [6, 6.07) is 7.05. The van der Waals surface area contributed by atoms with Gasteiger partial charge in [0, 0.05) is 5.56 Å². The van der Waals surface area contributed by atoms with Crippen molar-refractivity contribution in [3.05, 3.63) is 29.8 Å². The van der Waals surface area contributed by atoms with E-state index in [9.17, 15) is 9.90 Å². The second-order valence-corrected chi connectivity index (χ2v) is 3.50. The first-order valence-corrected chi connectivity index (χ1v) is 5.07. The smallest absolute Gasteiger partial charge is 0.346 e. The van der Waals surface area contributed by atoms with Crippen LogP contribution in [0.4, 0.5) is 0 Å². The van der Waals surface area contributed by atoms with Crippen LogP contribution < -0.4 is 4.74 Å². The Balaban J connectivity index is 2.84. The predicted octanol–water partition coefficient (Wildman–Crippen LogP) is 1.68. The number of carbonyl (C=O) groups is 1.